The Labute approximate surface area is 176 Å². The number of carbonyl (C=O) groups excluding carboxylic acids is 1. The summed E-state index contributed by atoms with van der Waals surface area (Å²) in [5, 5.41) is 6.02. The summed E-state index contributed by atoms with van der Waals surface area (Å²) < 4.78 is 5.28. The Bertz CT molecular complexity index is 1090. The average molecular weight is 401 g/mol. The van der Waals surface area contributed by atoms with Crippen molar-refractivity contribution in [3.63, 3.8) is 0 Å². The second kappa shape index (κ2) is 8.84. The van der Waals surface area contributed by atoms with Crippen molar-refractivity contribution in [2.75, 3.05) is 20.2 Å². The fourth-order valence-corrected chi connectivity index (χ4v) is 3.67. The third-order valence-corrected chi connectivity index (χ3v) is 5.28. The molecule has 5 nitrogen and oxygen atoms in total. The van der Waals surface area contributed by atoms with Crippen molar-refractivity contribution >= 4 is 22.4 Å². The van der Waals surface area contributed by atoms with Crippen LogP contribution in [0.4, 0.5) is 0 Å². The van der Waals surface area contributed by atoms with Crippen molar-refractivity contribution in [2.45, 2.75) is 6.04 Å². The molecule has 152 valence electrons. The molecule has 3 aromatic rings. The summed E-state index contributed by atoms with van der Waals surface area (Å²) in [5.41, 5.74) is 6.35. The number of rotatable bonds is 7. The molecule has 3 N–H and O–H groups in total. The standard InChI is InChI=1S/C25H25N3O2/c1-3-14-26-17-25(29)28-24(19-10-12-22(30-2)13-11-19)16-23(27-28)21-9-8-18-6-4-5-7-20(18)15-21/h3-13,15-16,24,26-27H,1,14,17H2,2H3/p+1/t24-/m0/s1. The number of amides is 1. The van der Waals surface area contributed by atoms with Crippen LogP contribution in [0.25, 0.3) is 16.5 Å². The van der Waals surface area contributed by atoms with Crippen LogP contribution in [0.1, 0.15) is 17.2 Å². The first kappa shape index (κ1) is 19.7. The minimum Gasteiger partial charge on any atom is -0.497 e. The van der Waals surface area contributed by atoms with Crippen molar-refractivity contribution < 1.29 is 14.8 Å². The second-order valence-electron chi connectivity index (χ2n) is 7.25. The van der Waals surface area contributed by atoms with Crippen LogP contribution >= 0.6 is 0 Å². The molecule has 4 rings (SSSR count). The average Bonchev–Trinajstić information content (AvgIpc) is 3.24. The van der Waals surface area contributed by atoms with Crippen LogP contribution in [0, 0.1) is 0 Å². The number of nitrogens with zero attached hydrogens (tertiary/aromatic N) is 1. The Balaban J connectivity index is 1.66. The molecular weight excluding hydrogens is 374 g/mol. The molecule has 1 aliphatic rings. The lowest BCUT2D eigenvalue weighted by Crippen LogP contribution is -2.86. The maximum absolute atomic E-state index is 13.0. The van der Waals surface area contributed by atoms with E-state index in [4.69, 9.17) is 4.74 Å². The number of fused-ring (bicyclic) bond motifs is 1. The summed E-state index contributed by atoms with van der Waals surface area (Å²) in [5.74, 6) is 0.810. The van der Waals surface area contributed by atoms with Gasteiger partial charge in [-0.3, -0.25) is 10.2 Å². The zero-order chi connectivity index (χ0) is 20.9. The number of quaternary nitrogens is 1. The molecular formula is C25H26N3O2+. The molecule has 0 saturated heterocycles. The van der Waals surface area contributed by atoms with E-state index in [1.165, 1.54) is 10.8 Å². The van der Waals surface area contributed by atoms with E-state index in [1.807, 2.05) is 41.7 Å². The van der Waals surface area contributed by atoms with E-state index >= 15 is 0 Å². The minimum atomic E-state index is -0.193. The van der Waals surface area contributed by atoms with E-state index in [9.17, 15) is 4.79 Å². The molecule has 0 aromatic heterocycles. The smallest absolute Gasteiger partial charge is 0.296 e. The van der Waals surface area contributed by atoms with E-state index in [0.717, 1.165) is 22.6 Å². The fraction of sp³-hybridized carbons (Fsp3) is 0.160. The van der Waals surface area contributed by atoms with Gasteiger partial charge in [-0.2, -0.15) is 0 Å². The zero-order valence-electron chi connectivity index (χ0n) is 17.0. The Morgan fingerprint density at radius 1 is 1.13 bits per heavy atom. The lowest BCUT2D eigenvalue weighted by Gasteiger charge is -2.25. The third kappa shape index (κ3) is 4.07. The van der Waals surface area contributed by atoms with Gasteiger partial charge in [-0.05, 0) is 52.3 Å². The maximum Gasteiger partial charge on any atom is 0.296 e. The van der Waals surface area contributed by atoms with E-state index in [2.05, 4.69) is 48.4 Å². The summed E-state index contributed by atoms with van der Waals surface area (Å²) in [6.07, 6.45) is 3.90. The minimum absolute atomic E-state index is 0.0182. The highest BCUT2D eigenvalue weighted by molar-refractivity contribution is 5.87. The molecule has 1 atom stereocenters. The van der Waals surface area contributed by atoms with Crippen molar-refractivity contribution in [1.29, 1.82) is 0 Å². The van der Waals surface area contributed by atoms with Crippen molar-refractivity contribution in [1.82, 2.24) is 10.4 Å². The second-order valence-corrected chi connectivity index (χ2v) is 7.25. The van der Waals surface area contributed by atoms with Gasteiger partial charge < -0.3 is 10.1 Å². The molecule has 0 radical (unpaired) electrons. The predicted octanol–water partition coefficient (Wildman–Crippen LogP) is 3.03. The van der Waals surface area contributed by atoms with Crippen LogP contribution in [0.3, 0.4) is 0 Å². The molecule has 0 fully saturated rings. The van der Waals surface area contributed by atoms with Gasteiger partial charge >= 0.3 is 0 Å². The van der Waals surface area contributed by atoms with Crippen molar-refractivity contribution in [3.8, 4) is 5.75 Å². The van der Waals surface area contributed by atoms with Crippen LogP contribution in [0.2, 0.25) is 0 Å². The van der Waals surface area contributed by atoms with Gasteiger partial charge in [-0.25, -0.2) is 5.01 Å². The van der Waals surface area contributed by atoms with E-state index in [0.29, 0.717) is 13.1 Å². The maximum atomic E-state index is 13.0. The molecule has 1 aliphatic heterocycles. The van der Waals surface area contributed by atoms with Crippen LogP contribution < -0.4 is 15.5 Å². The highest BCUT2D eigenvalue weighted by Crippen LogP contribution is 2.33. The highest BCUT2D eigenvalue weighted by atomic mass is 16.5. The normalized spacial score (nSPS) is 15.6. The number of nitrogens with two attached hydrogens (primary N) is 1. The number of methoxy groups -OCH3 is 1. The first-order valence-corrected chi connectivity index (χ1v) is 10.1. The van der Waals surface area contributed by atoms with Gasteiger partial charge in [0, 0.05) is 0 Å². The third-order valence-electron chi connectivity index (χ3n) is 5.28. The first-order chi connectivity index (χ1) is 14.7. The van der Waals surface area contributed by atoms with Gasteiger partial charge in [0.2, 0.25) is 0 Å². The number of hydrogen-bond acceptors (Lipinski definition) is 3. The van der Waals surface area contributed by atoms with Gasteiger partial charge in [-0.15, -0.1) is 0 Å². The number of benzene rings is 3. The summed E-state index contributed by atoms with van der Waals surface area (Å²) in [4.78, 5) is 13.0. The SMILES string of the molecule is C=CC[NH2+]CC(=O)N1NC(c2ccc3ccccc3c2)=C[C@H]1c1ccc(OC)cc1. The van der Waals surface area contributed by atoms with Crippen LogP contribution in [-0.2, 0) is 4.79 Å². The van der Waals surface area contributed by atoms with E-state index in [1.54, 1.807) is 18.2 Å². The number of nitrogens with one attached hydrogen (secondary N) is 1. The summed E-state index contributed by atoms with van der Waals surface area (Å²) in [7, 11) is 1.65. The van der Waals surface area contributed by atoms with Gasteiger partial charge in [0.05, 0.1) is 25.4 Å². The topological polar surface area (TPSA) is 58.2 Å². The molecule has 0 unspecified atom stereocenters. The first-order valence-electron chi connectivity index (χ1n) is 10.1. The fourth-order valence-electron chi connectivity index (χ4n) is 3.67. The number of carbonyl (C=O) groups is 1. The Morgan fingerprint density at radius 2 is 1.90 bits per heavy atom. The van der Waals surface area contributed by atoms with E-state index in [-0.39, 0.29) is 11.9 Å². The molecule has 0 bridgehead atoms. The molecule has 0 spiro atoms. The molecule has 0 aliphatic carbocycles. The lowest BCUT2D eigenvalue weighted by atomic mass is 10.0. The van der Waals surface area contributed by atoms with Crippen LogP contribution in [0.5, 0.6) is 5.75 Å². The molecule has 1 amide bonds. The molecule has 0 saturated carbocycles. The van der Waals surface area contributed by atoms with Gasteiger partial charge in [0.25, 0.3) is 5.91 Å². The summed E-state index contributed by atoms with van der Waals surface area (Å²) >= 11 is 0. The number of hydrazine groups is 1. The molecule has 30 heavy (non-hydrogen) atoms. The monoisotopic (exact) mass is 400 g/mol. The van der Waals surface area contributed by atoms with Crippen molar-refractivity contribution in [3.05, 3.63) is 96.6 Å². The van der Waals surface area contributed by atoms with Gasteiger partial charge in [0.1, 0.15) is 5.75 Å². The number of ether oxygens (including phenoxy) is 1. The van der Waals surface area contributed by atoms with Gasteiger partial charge in [0.15, 0.2) is 6.54 Å². The lowest BCUT2D eigenvalue weighted by molar-refractivity contribution is -0.635. The van der Waals surface area contributed by atoms with Crippen LogP contribution in [0.15, 0.2) is 85.5 Å². The van der Waals surface area contributed by atoms with Gasteiger partial charge in [-0.1, -0.05) is 55.1 Å². The Morgan fingerprint density at radius 3 is 2.63 bits per heavy atom. The zero-order valence-corrected chi connectivity index (χ0v) is 17.0. The van der Waals surface area contributed by atoms with E-state index < -0.39 is 0 Å². The Hall–Kier alpha value is -3.57. The highest BCUT2D eigenvalue weighted by Gasteiger charge is 2.31. The number of hydrogen-bond donors (Lipinski definition) is 2. The predicted molar refractivity (Wildman–Crippen MR) is 119 cm³/mol. The quantitative estimate of drug-likeness (QED) is 0.473. The van der Waals surface area contributed by atoms with Crippen LogP contribution in [-0.4, -0.2) is 31.1 Å². The largest absolute Gasteiger partial charge is 0.497 e. The summed E-state index contributed by atoms with van der Waals surface area (Å²) in [6.45, 7) is 4.77. The molecule has 1 heterocycles. The molecule has 5 heteroatoms. The van der Waals surface area contributed by atoms with Crippen molar-refractivity contribution in [2.24, 2.45) is 0 Å². The Kier molecular flexibility index (Phi) is 5.82. The summed E-state index contributed by atoms with van der Waals surface area (Å²) in [6, 6.07) is 22.3. The molecule has 3 aromatic carbocycles.